The summed E-state index contributed by atoms with van der Waals surface area (Å²) in [5.74, 6) is 0. The highest BCUT2D eigenvalue weighted by molar-refractivity contribution is 7.98. The van der Waals surface area contributed by atoms with Crippen molar-refractivity contribution in [2.75, 3.05) is 6.26 Å². The van der Waals surface area contributed by atoms with Gasteiger partial charge in [0, 0.05) is 4.90 Å². The average molecular weight is 251 g/mol. The standard InChI is InChI=1S/C12H17NOSSi/c1-15-11-7-5-10(6-8-11)12(9-13)14-16(2,3)4/h5-8,12H,1-4H3/t12-/m1/s1. The van der Waals surface area contributed by atoms with Crippen molar-refractivity contribution in [1.29, 1.82) is 5.26 Å². The molecule has 0 bridgehead atoms. The smallest absolute Gasteiger partial charge is 0.186 e. The Morgan fingerprint density at radius 2 is 1.81 bits per heavy atom. The molecule has 0 N–H and O–H groups in total. The first-order valence-corrected chi connectivity index (χ1v) is 9.81. The monoisotopic (exact) mass is 251 g/mol. The molecule has 1 atom stereocenters. The van der Waals surface area contributed by atoms with E-state index in [4.69, 9.17) is 9.69 Å². The first-order valence-electron chi connectivity index (χ1n) is 5.17. The number of thioether (sulfide) groups is 1. The van der Waals surface area contributed by atoms with Gasteiger partial charge in [-0.05, 0) is 43.6 Å². The van der Waals surface area contributed by atoms with Gasteiger partial charge in [-0.15, -0.1) is 11.8 Å². The molecule has 2 nitrogen and oxygen atoms in total. The van der Waals surface area contributed by atoms with Gasteiger partial charge in [-0.2, -0.15) is 5.26 Å². The lowest BCUT2D eigenvalue weighted by atomic mass is 10.1. The molecule has 0 amide bonds. The third-order valence-electron chi connectivity index (χ3n) is 2.01. The van der Waals surface area contributed by atoms with Crippen LogP contribution in [-0.2, 0) is 4.43 Å². The van der Waals surface area contributed by atoms with E-state index < -0.39 is 14.4 Å². The van der Waals surface area contributed by atoms with E-state index >= 15 is 0 Å². The molecule has 0 fully saturated rings. The van der Waals surface area contributed by atoms with Crippen LogP contribution in [0.1, 0.15) is 11.7 Å². The normalized spacial score (nSPS) is 13.2. The van der Waals surface area contributed by atoms with Gasteiger partial charge >= 0.3 is 0 Å². The van der Waals surface area contributed by atoms with Gasteiger partial charge in [-0.1, -0.05) is 12.1 Å². The van der Waals surface area contributed by atoms with Crippen molar-refractivity contribution in [3.63, 3.8) is 0 Å². The minimum Gasteiger partial charge on any atom is -0.399 e. The highest BCUT2D eigenvalue weighted by Gasteiger charge is 2.21. The summed E-state index contributed by atoms with van der Waals surface area (Å²) in [6.07, 6.45) is 1.61. The Balaban J connectivity index is 2.84. The molecule has 0 unspecified atom stereocenters. The number of nitrogens with zero attached hydrogens (tertiary/aromatic N) is 1. The molecule has 1 rings (SSSR count). The Morgan fingerprint density at radius 3 is 2.19 bits per heavy atom. The van der Waals surface area contributed by atoms with Crippen molar-refractivity contribution in [3.8, 4) is 6.07 Å². The molecule has 4 heteroatoms. The van der Waals surface area contributed by atoms with Crippen LogP contribution in [0.3, 0.4) is 0 Å². The summed E-state index contributed by atoms with van der Waals surface area (Å²) in [5.41, 5.74) is 0.947. The lowest BCUT2D eigenvalue weighted by molar-refractivity contribution is 0.255. The molecular formula is C12H17NOSSi. The van der Waals surface area contributed by atoms with Crippen molar-refractivity contribution in [2.24, 2.45) is 0 Å². The third-order valence-corrected chi connectivity index (χ3v) is 3.69. The molecule has 0 saturated heterocycles. The van der Waals surface area contributed by atoms with Crippen LogP contribution >= 0.6 is 11.8 Å². The van der Waals surface area contributed by atoms with Gasteiger partial charge in [0.1, 0.15) is 0 Å². The lowest BCUT2D eigenvalue weighted by Crippen LogP contribution is -2.27. The molecule has 0 spiro atoms. The molecule has 86 valence electrons. The summed E-state index contributed by atoms with van der Waals surface area (Å²) in [7, 11) is -1.67. The van der Waals surface area contributed by atoms with Gasteiger partial charge in [0.2, 0.25) is 0 Å². The van der Waals surface area contributed by atoms with Crippen LogP contribution in [0.2, 0.25) is 19.6 Å². The van der Waals surface area contributed by atoms with Gasteiger partial charge in [-0.3, -0.25) is 0 Å². The van der Waals surface area contributed by atoms with Crippen LogP contribution in [-0.4, -0.2) is 14.6 Å². The zero-order valence-electron chi connectivity index (χ0n) is 10.2. The summed E-state index contributed by atoms with van der Waals surface area (Å²) < 4.78 is 5.82. The first kappa shape index (κ1) is 13.3. The molecular weight excluding hydrogens is 234 g/mol. The number of hydrogen-bond donors (Lipinski definition) is 0. The van der Waals surface area contributed by atoms with E-state index in [0.717, 1.165) is 5.56 Å². The molecule has 0 saturated carbocycles. The number of benzene rings is 1. The SMILES string of the molecule is CSc1ccc([C@@H](C#N)O[Si](C)(C)C)cc1. The van der Waals surface area contributed by atoms with Gasteiger partial charge in [0.05, 0.1) is 6.07 Å². The Labute approximate surface area is 103 Å². The number of nitriles is 1. The van der Waals surface area contributed by atoms with Crippen molar-refractivity contribution in [2.45, 2.75) is 30.6 Å². The Morgan fingerprint density at radius 1 is 1.25 bits per heavy atom. The van der Waals surface area contributed by atoms with E-state index in [1.807, 2.05) is 30.5 Å². The van der Waals surface area contributed by atoms with E-state index in [0.29, 0.717) is 0 Å². The van der Waals surface area contributed by atoms with E-state index in [2.05, 4.69) is 25.7 Å². The van der Waals surface area contributed by atoms with Gasteiger partial charge in [-0.25, -0.2) is 0 Å². The second kappa shape index (κ2) is 5.53. The van der Waals surface area contributed by atoms with Crippen LogP contribution in [0.4, 0.5) is 0 Å². The fourth-order valence-electron chi connectivity index (χ4n) is 1.30. The summed E-state index contributed by atoms with van der Waals surface area (Å²) >= 11 is 1.69. The largest absolute Gasteiger partial charge is 0.399 e. The second-order valence-corrected chi connectivity index (χ2v) is 9.85. The number of hydrogen-bond acceptors (Lipinski definition) is 3. The molecule has 0 heterocycles. The minimum atomic E-state index is -1.67. The fraction of sp³-hybridized carbons (Fsp3) is 0.417. The van der Waals surface area contributed by atoms with Crippen LogP contribution in [0, 0.1) is 11.3 Å². The third kappa shape index (κ3) is 4.01. The lowest BCUT2D eigenvalue weighted by Gasteiger charge is -2.21. The predicted molar refractivity (Wildman–Crippen MR) is 71.0 cm³/mol. The first-order chi connectivity index (χ1) is 7.46. The van der Waals surface area contributed by atoms with E-state index in [1.54, 1.807) is 11.8 Å². The minimum absolute atomic E-state index is 0.428. The summed E-state index contributed by atoms with van der Waals surface area (Å²) in [4.78, 5) is 1.20. The van der Waals surface area contributed by atoms with Crippen LogP contribution < -0.4 is 0 Å². The Kier molecular flexibility index (Phi) is 4.60. The zero-order chi connectivity index (χ0) is 12.2. The molecule has 16 heavy (non-hydrogen) atoms. The zero-order valence-corrected chi connectivity index (χ0v) is 12.0. The van der Waals surface area contributed by atoms with Crippen molar-refractivity contribution in [3.05, 3.63) is 29.8 Å². The van der Waals surface area contributed by atoms with Crippen molar-refractivity contribution >= 4 is 20.1 Å². The van der Waals surface area contributed by atoms with Gasteiger partial charge in [0.15, 0.2) is 14.4 Å². The molecule has 1 aromatic carbocycles. The maximum Gasteiger partial charge on any atom is 0.186 e. The topological polar surface area (TPSA) is 33.0 Å². The maximum absolute atomic E-state index is 9.11. The molecule has 0 aliphatic carbocycles. The molecule has 0 radical (unpaired) electrons. The van der Waals surface area contributed by atoms with E-state index in [9.17, 15) is 0 Å². The molecule has 1 aromatic rings. The Bertz CT molecular complexity index is 377. The highest BCUT2D eigenvalue weighted by atomic mass is 32.2. The van der Waals surface area contributed by atoms with Gasteiger partial charge < -0.3 is 4.43 Å². The maximum atomic E-state index is 9.11. The van der Waals surface area contributed by atoms with Crippen molar-refractivity contribution in [1.82, 2.24) is 0 Å². The fourth-order valence-corrected chi connectivity index (χ4v) is 2.61. The van der Waals surface area contributed by atoms with Gasteiger partial charge in [0.25, 0.3) is 0 Å². The summed E-state index contributed by atoms with van der Waals surface area (Å²) in [5, 5.41) is 9.11. The molecule has 0 aliphatic rings. The van der Waals surface area contributed by atoms with Crippen LogP contribution in [0.5, 0.6) is 0 Å². The number of rotatable bonds is 4. The average Bonchev–Trinajstić information content (AvgIpc) is 2.25. The van der Waals surface area contributed by atoms with E-state index in [-0.39, 0.29) is 0 Å². The second-order valence-electron chi connectivity index (χ2n) is 4.51. The Hall–Kier alpha value is -0.763. The summed E-state index contributed by atoms with van der Waals surface area (Å²) in [6, 6.07) is 10.2. The highest BCUT2D eigenvalue weighted by Crippen LogP contribution is 2.24. The predicted octanol–water partition coefficient (Wildman–Crippen LogP) is 3.82. The van der Waals surface area contributed by atoms with Crippen LogP contribution in [0.25, 0.3) is 0 Å². The molecule has 0 aromatic heterocycles. The van der Waals surface area contributed by atoms with Crippen LogP contribution in [0.15, 0.2) is 29.2 Å². The quantitative estimate of drug-likeness (QED) is 0.602. The van der Waals surface area contributed by atoms with Crippen molar-refractivity contribution < 1.29 is 4.43 Å². The van der Waals surface area contributed by atoms with E-state index in [1.165, 1.54) is 4.90 Å². The molecule has 0 aliphatic heterocycles. The summed E-state index contributed by atoms with van der Waals surface area (Å²) in [6.45, 7) is 6.27.